The molecule has 25 heavy (non-hydrogen) atoms. The van der Waals surface area contributed by atoms with Gasteiger partial charge in [0.25, 0.3) is 0 Å². The van der Waals surface area contributed by atoms with Crippen molar-refractivity contribution >= 4 is 11.7 Å². The van der Waals surface area contributed by atoms with Gasteiger partial charge in [-0.15, -0.1) is 0 Å². The van der Waals surface area contributed by atoms with Crippen LogP contribution in [0.15, 0.2) is 24.3 Å². The minimum Gasteiger partial charge on any atom is -0.326 e. The molecule has 6 nitrogen and oxygen atoms in total. The zero-order valence-corrected chi connectivity index (χ0v) is 15.7. The Morgan fingerprint density at radius 1 is 1.28 bits per heavy atom. The average Bonchev–Trinajstić information content (AvgIpc) is 2.81. The number of hydrogen-bond acceptors (Lipinski definition) is 3. The van der Waals surface area contributed by atoms with E-state index in [1.165, 1.54) is 11.1 Å². The van der Waals surface area contributed by atoms with Gasteiger partial charge in [0.1, 0.15) is 0 Å². The van der Waals surface area contributed by atoms with Crippen molar-refractivity contribution in [2.45, 2.75) is 32.9 Å². The minimum absolute atomic E-state index is 0.0912. The Bertz CT molecular complexity index is 782. The van der Waals surface area contributed by atoms with Crippen LogP contribution >= 0.6 is 0 Å². The summed E-state index contributed by atoms with van der Waals surface area (Å²) in [5.41, 5.74) is 5.38. The molecule has 6 heteroatoms. The molecule has 134 valence electrons. The number of aryl methyl sites for hydroxylation is 2. The van der Waals surface area contributed by atoms with Crippen molar-refractivity contribution in [3.05, 3.63) is 46.8 Å². The Morgan fingerprint density at radius 3 is 2.60 bits per heavy atom. The van der Waals surface area contributed by atoms with E-state index in [2.05, 4.69) is 46.6 Å². The molecule has 2 aromatic rings. The number of anilines is 1. The van der Waals surface area contributed by atoms with Gasteiger partial charge in [0.05, 0.1) is 17.1 Å². The highest BCUT2D eigenvalue weighted by atomic mass is 16.2. The molecule has 1 unspecified atom stereocenters. The number of urea groups is 1. The van der Waals surface area contributed by atoms with E-state index in [0.29, 0.717) is 12.6 Å². The number of aromatic nitrogens is 2. The van der Waals surface area contributed by atoms with Crippen LogP contribution in [0.3, 0.4) is 0 Å². The van der Waals surface area contributed by atoms with Crippen molar-refractivity contribution in [1.29, 1.82) is 0 Å². The number of rotatable bonds is 3. The largest absolute Gasteiger partial charge is 0.326 e. The Labute approximate surface area is 149 Å². The van der Waals surface area contributed by atoms with Crippen molar-refractivity contribution < 1.29 is 4.79 Å². The summed E-state index contributed by atoms with van der Waals surface area (Å²) in [6.07, 6.45) is 0.968. The van der Waals surface area contributed by atoms with Gasteiger partial charge < -0.3 is 10.2 Å². The third kappa shape index (κ3) is 3.54. The molecule has 0 spiro atoms. The van der Waals surface area contributed by atoms with Crippen molar-refractivity contribution in [3.63, 3.8) is 0 Å². The van der Waals surface area contributed by atoms with Crippen molar-refractivity contribution in [3.8, 4) is 0 Å². The van der Waals surface area contributed by atoms with E-state index in [1.54, 1.807) is 9.58 Å². The fraction of sp³-hybridized carbons (Fsp3) is 0.474. The van der Waals surface area contributed by atoms with Crippen molar-refractivity contribution in [1.82, 2.24) is 19.6 Å². The molecule has 2 amide bonds. The minimum atomic E-state index is -0.0912. The third-order valence-electron chi connectivity index (χ3n) is 5.19. The summed E-state index contributed by atoms with van der Waals surface area (Å²) in [5, 5.41) is 7.36. The molecule has 3 rings (SSSR count). The summed E-state index contributed by atoms with van der Waals surface area (Å²) < 4.78 is 1.79. The molecular formula is C19H27N5O. The maximum atomic E-state index is 12.6. The standard InChI is InChI=1S/C19H27N5O/c1-13-18(14(2)24(5)21-13)20-19(25)23(4)12-17-10-15-8-6-7-9-16(15)11-22(17)3/h6-9,17H,10-12H2,1-5H3,(H,20,25). The lowest BCUT2D eigenvalue weighted by molar-refractivity contribution is 0.166. The molecule has 0 radical (unpaired) electrons. The Kier molecular flexibility index (Phi) is 4.81. The van der Waals surface area contributed by atoms with E-state index >= 15 is 0 Å². The van der Waals surface area contributed by atoms with E-state index in [9.17, 15) is 4.79 Å². The lowest BCUT2D eigenvalue weighted by Gasteiger charge is -2.36. The fourth-order valence-corrected chi connectivity index (χ4v) is 3.48. The maximum Gasteiger partial charge on any atom is 0.321 e. The number of likely N-dealkylation sites (N-methyl/N-ethyl adjacent to an activating group) is 2. The molecule has 2 heterocycles. The number of nitrogens with one attached hydrogen (secondary N) is 1. The molecule has 1 aromatic heterocycles. The van der Waals surface area contributed by atoms with Gasteiger partial charge >= 0.3 is 6.03 Å². The first-order chi connectivity index (χ1) is 11.9. The third-order valence-corrected chi connectivity index (χ3v) is 5.19. The van der Waals surface area contributed by atoms with Crippen LogP contribution in [-0.4, -0.2) is 52.3 Å². The number of carbonyl (C=O) groups excluding carboxylic acids is 1. The summed E-state index contributed by atoms with van der Waals surface area (Å²) in [6.45, 7) is 5.49. The van der Waals surface area contributed by atoms with Gasteiger partial charge in [-0.1, -0.05) is 24.3 Å². The van der Waals surface area contributed by atoms with Gasteiger partial charge in [-0.2, -0.15) is 5.10 Å². The first-order valence-corrected chi connectivity index (χ1v) is 8.66. The van der Waals surface area contributed by atoms with Crippen LogP contribution in [-0.2, 0) is 20.0 Å². The highest BCUT2D eigenvalue weighted by molar-refractivity contribution is 5.90. The Morgan fingerprint density at radius 2 is 1.96 bits per heavy atom. The van der Waals surface area contributed by atoms with Gasteiger partial charge in [0.15, 0.2) is 0 Å². The van der Waals surface area contributed by atoms with Crippen LogP contribution in [0.25, 0.3) is 0 Å². The zero-order valence-electron chi connectivity index (χ0n) is 15.7. The van der Waals surface area contributed by atoms with Gasteiger partial charge in [-0.25, -0.2) is 4.79 Å². The number of amides is 2. The van der Waals surface area contributed by atoms with E-state index < -0.39 is 0 Å². The van der Waals surface area contributed by atoms with Crippen molar-refractivity contribution in [2.75, 3.05) is 26.0 Å². The SMILES string of the molecule is Cc1nn(C)c(C)c1NC(=O)N(C)CC1Cc2ccccc2CN1C. The Balaban J connectivity index is 1.65. The van der Waals surface area contributed by atoms with Crippen LogP contribution in [0, 0.1) is 13.8 Å². The molecule has 1 atom stereocenters. The number of hydrogen-bond donors (Lipinski definition) is 1. The Hall–Kier alpha value is -2.34. The summed E-state index contributed by atoms with van der Waals surface area (Å²) in [5.74, 6) is 0. The topological polar surface area (TPSA) is 53.4 Å². The predicted molar refractivity (Wildman–Crippen MR) is 99.7 cm³/mol. The summed E-state index contributed by atoms with van der Waals surface area (Å²) in [7, 11) is 5.86. The van der Waals surface area contributed by atoms with Gasteiger partial charge in [0, 0.05) is 33.2 Å². The molecule has 0 saturated carbocycles. The van der Waals surface area contributed by atoms with Crippen LogP contribution < -0.4 is 5.32 Å². The molecule has 1 N–H and O–H groups in total. The number of carbonyl (C=O) groups is 1. The van der Waals surface area contributed by atoms with E-state index in [4.69, 9.17) is 0 Å². The molecule has 1 aromatic carbocycles. The van der Waals surface area contributed by atoms with Crippen LogP contribution in [0.4, 0.5) is 10.5 Å². The monoisotopic (exact) mass is 341 g/mol. The van der Waals surface area contributed by atoms with Crippen LogP contribution in [0.2, 0.25) is 0 Å². The normalized spacial score (nSPS) is 17.2. The molecule has 0 fully saturated rings. The molecule has 0 bridgehead atoms. The number of fused-ring (bicyclic) bond motifs is 1. The maximum absolute atomic E-state index is 12.6. The second-order valence-electron chi connectivity index (χ2n) is 7.02. The van der Waals surface area contributed by atoms with Crippen LogP contribution in [0.1, 0.15) is 22.5 Å². The smallest absolute Gasteiger partial charge is 0.321 e. The second-order valence-corrected chi connectivity index (χ2v) is 7.02. The summed E-state index contributed by atoms with van der Waals surface area (Å²) >= 11 is 0. The average molecular weight is 341 g/mol. The number of benzene rings is 1. The summed E-state index contributed by atoms with van der Waals surface area (Å²) in [4.78, 5) is 16.7. The lowest BCUT2D eigenvalue weighted by atomic mass is 9.94. The van der Waals surface area contributed by atoms with E-state index in [1.807, 2.05) is 27.9 Å². The summed E-state index contributed by atoms with van der Waals surface area (Å²) in [6, 6.07) is 8.79. The molecular weight excluding hydrogens is 314 g/mol. The predicted octanol–water partition coefficient (Wildman–Crippen LogP) is 2.56. The second kappa shape index (κ2) is 6.88. The quantitative estimate of drug-likeness (QED) is 0.933. The molecule has 0 saturated heterocycles. The lowest BCUT2D eigenvalue weighted by Crippen LogP contribution is -2.47. The molecule has 1 aliphatic rings. The van der Waals surface area contributed by atoms with Gasteiger partial charge in [0.2, 0.25) is 0 Å². The van der Waals surface area contributed by atoms with Crippen molar-refractivity contribution in [2.24, 2.45) is 7.05 Å². The van der Waals surface area contributed by atoms with E-state index in [0.717, 1.165) is 30.0 Å². The highest BCUT2D eigenvalue weighted by Gasteiger charge is 2.26. The first kappa shape index (κ1) is 17.5. The van der Waals surface area contributed by atoms with E-state index in [-0.39, 0.29) is 6.03 Å². The van der Waals surface area contributed by atoms with Gasteiger partial charge in [-0.3, -0.25) is 9.58 Å². The highest BCUT2D eigenvalue weighted by Crippen LogP contribution is 2.23. The van der Waals surface area contributed by atoms with Crippen LogP contribution in [0.5, 0.6) is 0 Å². The first-order valence-electron chi connectivity index (χ1n) is 8.66. The number of nitrogens with zero attached hydrogens (tertiary/aromatic N) is 4. The fourth-order valence-electron chi connectivity index (χ4n) is 3.48. The molecule has 0 aliphatic carbocycles. The zero-order chi connectivity index (χ0) is 18.1. The van der Waals surface area contributed by atoms with Gasteiger partial charge in [-0.05, 0) is 38.4 Å². The molecule has 1 aliphatic heterocycles.